The predicted octanol–water partition coefficient (Wildman–Crippen LogP) is -9.09. The summed E-state index contributed by atoms with van der Waals surface area (Å²) in [7, 11) is 0. The summed E-state index contributed by atoms with van der Waals surface area (Å²) in [6.45, 7) is 0. The third kappa shape index (κ3) is 259. The highest BCUT2D eigenvalue weighted by Gasteiger charge is 2.04. The van der Waals surface area contributed by atoms with Gasteiger partial charge in [-0.1, -0.05) is 0 Å². The first-order valence-corrected chi connectivity index (χ1v) is 1.11. The van der Waals surface area contributed by atoms with Gasteiger partial charge in [0.15, 0.2) is 0 Å². The van der Waals surface area contributed by atoms with E-state index in [1.165, 1.54) is 0 Å². The molecule has 0 spiro atoms. The Morgan fingerprint density at radius 1 is 0.438 bits per heavy atom. The number of rotatable bonds is 0. The van der Waals surface area contributed by atoms with Gasteiger partial charge in [-0.2, -0.15) is 0 Å². The van der Waals surface area contributed by atoms with Crippen LogP contribution in [0.1, 0.15) is 0 Å². The maximum absolute atomic E-state index is 9.10. The highest BCUT2D eigenvalue weighted by molar-refractivity contribution is 6.27. The van der Waals surface area contributed by atoms with Gasteiger partial charge in [-0.3, -0.25) is 0 Å². The minimum Gasteiger partial charge on any atom is -0.473 e. The van der Waals surface area contributed by atoms with Crippen molar-refractivity contribution in [2.24, 2.45) is 0 Å². The van der Waals surface area contributed by atoms with Crippen molar-refractivity contribution in [2.45, 2.75) is 0 Å². The Morgan fingerprint density at radius 3 is 0.500 bits per heavy atom. The molecule has 0 heterocycles. The topological polar surface area (TPSA) is 390 Å². The lowest BCUT2D eigenvalue weighted by molar-refractivity contribution is -0.159. The largest absolute Gasteiger partial charge is 0.473 e. The van der Waals surface area contributed by atoms with E-state index in [4.69, 9.17) is 19.8 Å². The predicted molar refractivity (Wildman–Crippen MR) is 51.4 cm³/mol. The first kappa shape index (κ1) is 213. The van der Waals surface area contributed by atoms with E-state index in [-0.39, 0.29) is 54.8 Å². The van der Waals surface area contributed by atoms with E-state index < -0.39 is 11.9 Å². The van der Waals surface area contributed by atoms with Crippen LogP contribution in [0, 0.1) is 0 Å². The first-order valence-electron chi connectivity index (χ1n) is 1.11. The molecule has 0 amide bonds. The molecule has 114 valence electrons. The van der Waals surface area contributed by atoms with Crippen LogP contribution in [0.2, 0.25) is 0 Å². The van der Waals surface area contributed by atoms with E-state index in [1.54, 1.807) is 0 Å². The van der Waals surface area contributed by atoms with Crippen molar-refractivity contribution in [3.63, 3.8) is 0 Å². The van der Waals surface area contributed by atoms with Crippen molar-refractivity contribution in [2.75, 3.05) is 0 Å². The van der Waals surface area contributed by atoms with E-state index in [0.29, 0.717) is 0 Å². The van der Waals surface area contributed by atoms with Crippen LogP contribution in [0.15, 0.2) is 0 Å². The van der Waals surface area contributed by atoms with Crippen LogP contribution in [0.25, 0.3) is 0 Å². The monoisotopic (exact) mass is 270 g/mol. The SMILES string of the molecule is O.O.O.O.O.O.O.O.O.O.O=C(O)C(=O)O. The molecule has 0 saturated carbocycles. The number of carboxylic acids is 2. The maximum Gasteiger partial charge on any atom is 0.414 e. The Balaban J connectivity index is -0.00000000278. The molecule has 0 bridgehead atoms. The van der Waals surface area contributed by atoms with Crippen molar-refractivity contribution < 1.29 is 74.6 Å². The molecule has 0 aliphatic carbocycles. The Kier molecular flexibility index (Phi) is 1370. The molecule has 0 aromatic carbocycles. The lowest BCUT2D eigenvalue weighted by atomic mass is 10.7. The van der Waals surface area contributed by atoms with Gasteiger partial charge in [0.2, 0.25) is 0 Å². The second-order valence-corrected chi connectivity index (χ2v) is 0.610. The van der Waals surface area contributed by atoms with Gasteiger partial charge in [-0.05, 0) is 0 Å². The Labute approximate surface area is 87.8 Å². The summed E-state index contributed by atoms with van der Waals surface area (Å²) in [6, 6.07) is 0. The molecular weight excluding hydrogens is 248 g/mol. The molecule has 14 heteroatoms. The molecule has 0 aliphatic rings. The lowest BCUT2D eigenvalue weighted by Crippen LogP contribution is -2.09. The van der Waals surface area contributed by atoms with Gasteiger partial charge >= 0.3 is 11.9 Å². The van der Waals surface area contributed by atoms with Gasteiger partial charge in [-0.15, -0.1) is 0 Å². The maximum atomic E-state index is 9.10. The van der Waals surface area contributed by atoms with E-state index in [1.807, 2.05) is 0 Å². The van der Waals surface area contributed by atoms with E-state index in [2.05, 4.69) is 0 Å². The first-order chi connectivity index (χ1) is 2.64. The van der Waals surface area contributed by atoms with E-state index in [0.717, 1.165) is 0 Å². The van der Waals surface area contributed by atoms with Crippen LogP contribution < -0.4 is 0 Å². The molecule has 0 unspecified atom stereocenters. The summed E-state index contributed by atoms with van der Waals surface area (Å²) in [4.78, 5) is 18.2. The molecule has 0 atom stereocenters. The molecule has 0 radical (unpaired) electrons. The zero-order valence-electron chi connectivity index (χ0n) is 7.71. The number of carboxylic acid groups (broad SMARTS) is 2. The molecule has 0 aromatic rings. The molecular formula is C2H22O14. The summed E-state index contributed by atoms with van der Waals surface area (Å²) in [5, 5.41) is 14.8. The standard InChI is InChI=1S/C2H2O4.10H2O/c3-1(4)2(5)6;;;;;;;;;;/h(H,3,4)(H,5,6);10*1H2. The second-order valence-electron chi connectivity index (χ2n) is 0.610. The molecule has 0 saturated heterocycles. The van der Waals surface area contributed by atoms with Crippen LogP contribution in [-0.2, 0) is 9.59 Å². The molecule has 16 heavy (non-hydrogen) atoms. The fourth-order valence-electron chi connectivity index (χ4n) is 0. The van der Waals surface area contributed by atoms with Gasteiger partial charge in [0, 0.05) is 0 Å². The third-order valence-corrected chi connectivity index (χ3v) is 0.183. The summed E-state index contributed by atoms with van der Waals surface area (Å²) >= 11 is 0. The van der Waals surface area contributed by atoms with Gasteiger partial charge in [0.05, 0.1) is 0 Å². The zero-order chi connectivity index (χ0) is 5.15. The molecule has 0 fully saturated rings. The molecule has 0 aliphatic heterocycles. The number of carbonyl (C=O) groups is 2. The highest BCUT2D eigenvalue weighted by atomic mass is 16.4. The minimum atomic E-state index is -1.82. The van der Waals surface area contributed by atoms with Crippen molar-refractivity contribution in [3.05, 3.63) is 0 Å². The quantitative estimate of drug-likeness (QED) is 0.404. The van der Waals surface area contributed by atoms with Crippen molar-refractivity contribution >= 4 is 11.9 Å². The van der Waals surface area contributed by atoms with Gasteiger partial charge in [0.1, 0.15) is 0 Å². The zero-order valence-corrected chi connectivity index (χ0v) is 7.71. The number of aliphatic carboxylic acids is 2. The van der Waals surface area contributed by atoms with Crippen molar-refractivity contribution in [3.8, 4) is 0 Å². The van der Waals surface area contributed by atoms with Crippen LogP contribution in [0.3, 0.4) is 0 Å². The normalized spacial score (nSPS) is 2.75. The minimum absolute atomic E-state index is 0. The van der Waals surface area contributed by atoms with Crippen LogP contribution in [-0.4, -0.2) is 76.9 Å². The number of hydrogen-bond acceptors (Lipinski definition) is 2. The molecule has 14 nitrogen and oxygen atoms in total. The second kappa shape index (κ2) is 103. The summed E-state index contributed by atoms with van der Waals surface area (Å²) in [5.74, 6) is -3.65. The Bertz CT molecular complexity index is 74.7. The van der Waals surface area contributed by atoms with Crippen molar-refractivity contribution in [1.29, 1.82) is 0 Å². The van der Waals surface area contributed by atoms with Crippen molar-refractivity contribution in [1.82, 2.24) is 0 Å². The third-order valence-electron chi connectivity index (χ3n) is 0.183. The smallest absolute Gasteiger partial charge is 0.414 e. The van der Waals surface area contributed by atoms with Crippen LogP contribution in [0.5, 0.6) is 0 Å². The van der Waals surface area contributed by atoms with Gasteiger partial charge < -0.3 is 65.0 Å². The fraction of sp³-hybridized carbons (Fsp3) is 0. The average Bonchev–Trinajstić information content (AvgIpc) is 1.36. The Hall–Kier alpha value is -1.46. The van der Waals surface area contributed by atoms with E-state index >= 15 is 0 Å². The molecule has 0 rings (SSSR count). The fourth-order valence-corrected chi connectivity index (χ4v) is 0. The highest BCUT2D eigenvalue weighted by Crippen LogP contribution is 1.56. The van der Waals surface area contributed by atoms with Gasteiger partial charge in [-0.25, -0.2) is 9.59 Å². The average molecular weight is 270 g/mol. The molecule has 0 aromatic heterocycles. The summed E-state index contributed by atoms with van der Waals surface area (Å²) < 4.78 is 0. The Morgan fingerprint density at radius 2 is 0.500 bits per heavy atom. The van der Waals surface area contributed by atoms with Crippen LogP contribution in [0.4, 0.5) is 0 Å². The van der Waals surface area contributed by atoms with E-state index in [9.17, 15) is 0 Å². The lowest BCUT2D eigenvalue weighted by Gasteiger charge is -1.72. The summed E-state index contributed by atoms with van der Waals surface area (Å²) in [5.41, 5.74) is 0. The number of hydrogen-bond donors (Lipinski definition) is 2. The molecule has 22 N–H and O–H groups in total. The summed E-state index contributed by atoms with van der Waals surface area (Å²) in [6.07, 6.45) is 0. The van der Waals surface area contributed by atoms with Gasteiger partial charge in [0.25, 0.3) is 0 Å². The van der Waals surface area contributed by atoms with Crippen LogP contribution >= 0.6 is 0 Å².